The van der Waals surface area contributed by atoms with Crippen molar-refractivity contribution in [3.8, 4) is 34.3 Å². The average Bonchev–Trinajstić information content (AvgIpc) is 3.54. The van der Waals surface area contributed by atoms with E-state index in [1.54, 1.807) is 28.4 Å². The van der Waals surface area contributed by atoms with Crippen molar-refractivity contribution in [1.29, 1.82) is 0 Å². The van der Waals surface area contributed by atoms with Crippen LogP contribution in [0.25, 0.3) is 33.8 Å². The predicted molar refractivity (Wildman–Crippen MR) is 156 cm³/mol. The molecule has 39 heavy (non-hydrogen) atoms. The average molecular weight is 517 g/mol. The third-order valence-corrected chi connectivity index (χ3v) is 7.06. The van der Waals surface area contributed by atoms with Crippen LogP contribution in [-0.4, -0.2) is 39.1 Å². The first-order chi connectivity index (χ1) is 19.1. The van der Waals surface area contributed by atoms with Crippen LogP contribution in [0.15, 0.2) is 89.9 Å². The lowest BCUT2D eigenvalue weighted by Crippen LogP contribution is -2.03. The zero-order valence-corrected chi connectivity index (χ0v) is 22.2. The number of benzene rings is 4. The molecule has 1 aliphatic rings. The first-order valence-electron chi connectivity index (χ1n) is 12.6. The van der Waals surface area contributed by atoms with Gasteiger partial charge in [0, 0.05) is 38.7 Å². The summed E-state index contributed by atoms with van der Waals surface area (Å²) in [4.78, 5) is 8.79. The molecular formula is C33H28N2O4. The molecule has 1 aromatic heterocycles. The van der Waals surface area contributed by atoms with Gasteiger partial charge in [0.2, 0.25) is 0 Å². The van der Waals surface area contributed by atoms with Gasteiger partial charge in [0.25, 0.3) is 0 Å². The van der Waals surface area contributed by atoms with Gasteiger partial charge in [-0.2, -0.15) is 0 Å². The first kappa shape index (κ1) is 24.4. The van der Waals surface area contributed by atoms with Crippen LogP contribution in [0.1, 0.15) is 22.4 Å². The van der Waals surface area contributed by atoms with Gasteiger partial charge in [-0.25, -0.2) is 4.99 Å². The van der Waals surface area contributed by atoms with Gasteiger partial charge in [-0.05, 0) is 66.7 Å². The van der Waals surface area contributed by atoms with E-state index in [1.165, 1.54) is 0 Å². The maximum atomic E-state index is 5.69. The molecule has 0 spiro atoms. The number of rotatable bonds is 7. The summed E-state index contributed by atoms with van der Waals surface area (Å²) in [7, 11) is 6.71. The number of H-pyrrole nitrogens is 1. The quantitative estimate of drug-likeness (QED) is 0.248. The van der Waals surface area contributed by atoms with Crippen LogP contribution in [0, 0.1) is 0 Å². The van der Waals surface area contributed by atoms with Crippen molar-refractivity contribution in [1.82, 2.24) is 4.98 Å². The Morgan fingerprint density at radius 1 is 0.590 bits per heavy atom. The molecule has 2 heterocycles. The summed E-state index contributed by atoms with van der Waals surface area (Å²) < 4.78 is 22.5. The van der Waals surface area contributed by atoms with E-state index < -0.39 is 0 Å². The predicted octanol–water partition coefficient (Wildman–Crippen LogP) is 7.22. The lowest BCUT2D eigenvalue weighted by Gasteiger charge is -2.10. The van der Waals surface area contributed by atoms with Crippen molar-refractivity contribution in [2.24, 2.45) is 4.99 Å². The molecule has 0 saturated carbocycles. The summed E-state index contributed by atoms with van der Waals surface area (Å²) in [5, 5.41) is 2.09. The molecule has 0 atom stereocenters. The molecule has 0 radical (unpaired) electrons. The largest absolute Gasteiger partial charge is 0.497 e. The number of aromatic amines is 1. The highest BCUT2D eigenvalue weighted by Gasteiger charge is 2.25. The molecule has 0 bridgehead atoms. The van der Waals surface area contributed by atoms with Crippen molar-refractivity contribution in [2.45, 2.75) is 0 Å². The van der Waals surface area contributed by atoms with E-state index in [-0.39, 0.29) is 0 Å². The van der Waals surface area contributed by atoms with Crippen molar-refractivity contribution in [3.63, 3.8) is 0 Å². The lowest BCUT2D eigenvalue weighted by atomic mass is 9.98. The number of fused-ring (bicyclic) bond motifs is 2. The lowest BCUT2D eigenvalue weighted by molar-refractivity contribution is 0.413. The van der Waals surface area contributed by atoms with E-state index in [1.807, 2.05) is 66.7 Å². The molecule has 6 heteroatoms. The van der Waals surface area contributed by atoms with Crippen molar-refractivity contribution >= 4 is 28.3 Å². The van der Waals surface area contributed by atoms with Crippen molar-refractivity contribution in [2.75, 3.05) is 28.4 Å². The second-order valence-corrected chi connectivity index (χ2v) is 9.13. The molecule has 6 rings (SSSR count). The summed E-state index contributed by atoms with van der Waals surface area (Å²) in [6, 6.07) is 28.1. The van der Waals surface area contributed by atoms with Crippen molar-refractivity contribution in [3.05, 3.63) is 107 Å². The molecule has 6 nitrogen and oxygen atoms in total. The molecule has 4 aromatic carbocycles. The second-order valence-electron chi connectivity index (χ2n) is 9.13. The van der Waals surface area contributed by atoms with Gasteiger partial charge in [0.1, 0.15) is 23.0 Å². The smallest absolute Gasteiger partial charge is 0.128 e. The van der Waals surface area contributed by atoms with Crippen LogP contribution in [0.4, 0.5) is 0 Å². The van der Waals surface area contributed by atoms with E-state index in [2.05, 4.69) is 29.3 Å². The van der Waals surface area contributed by atoms with Crippen LogP contribution in [0.5, 0.6) is 23.0 Å². The molecule has 0 saturated heterocycles. The fraction of sp³-hybridized carbons (Fsp3) is 0.121. The van der Waals surface area contributed by atoms with Crippen molar-refractivity contribution < 1.29 is 18.9 Å². The van der Waals surface area contributed by atoms with Gasteiger partial charge in [0.05, 0.1) is 45.5 Å². The van der Waals surface area contributed by atoms with Gasteiger partial charge in [-0.15, -0.1) is 0 Å². The van der Waals surface area contributed by atoms with Gasteiger partial charge >= 0.3 is 0 Å². The van der Waals surface area contributed by atoms with Crippen LogP contribution in [0.2, 0.25) is 0 Å². The Balaban J connectivity index is 1.58. The molecule has 0 amide bonds. The fourth-order valence-electron chi connectivity index (χ4n) is 5.14. The Hall–Kier alpha value is -4.97. The molecule has 1 N–H and O–H groups in total. The normalized spacial score (nSPS) is 13.3. The minimum absolute atomic E-state index is 0.766. The minimum Gasteiger partial charge on any atom is -0.497 e. The summed E-state index contributed by atoms with van der Waals surface area (Å²) >= 11 is 0. The second kappa shape index (κ2) is 10.1. The number of ether oxygens (including phenoxy) is 4. The Kier molecular flexibility index (Phi) is 6.29. The summed E-state index contributed by atoms with van der Waals surface area (Å²) in [6.07, 6.45) is 2.10. The van der Waals surface area contributed by atoms with Gasteiger partial charge in [0.15, 0.2) is 0 Å². The maximum absolute atomic E-state index is 5.69. The number of nitrogens with zero attached hydrogens (tertiary/aromatic N) is 1. The minimum atomic E-state index is 0.766. The van der Waals surface area contributed by atoms with E-state index in [0.29, 0.717) is 0 Å². The Bertz CT molecular complexity index is 1760. The molecule has 194 valence electrons. The topological polar surface area (TPSA) is 65.1 Å². The number of hydrogen-bond acceptors (Lipinski definition) is 5. The number of hydrogen-bond donors (Lipinski definition) is 1. The summed E-state index contributed by atoms with van der Waals surface area (Å²) in [5.74, 6) is 3.11. The molecular weight excluding hydrogens is 488 g/mol. The fourth-order valence-corrected chi connectivity index (χ4v) is 5.14. The van der Waals surface area contributed by atoms with Crippen LogP contribution in [-0.2, 0) is 0 Å². The first-order valence-corrected chi connectivity index (χ1v) is 12.6. The van der Waals surface area contributed by atoms with E-state index in [9.17, 15) is 0 Å². The highest BCUT2D eigenvalue weighted by atomic mass is 16.5. The van der Waals surface area contributed by atoms with Gasteiger partial charge < -0.3 is 23.9 Å². The highest BCUT2D eigenvalue weighted by Crippen LogP contribution is 2.41. The van der Waals surface area contributed by atoms with Crippen LogP contribution < -0.4 is 18.9 Å². The Morgan fingerprint density at radius 2 is 1.23 bits per heavy atom. The Morgan fingerprint density at radius 3 is 1.95 bits per heavy atom. The third kappa shape index (κ3) is 4.20. The van der Waals surface area contributed by atoms with Crippen LogP contribution in [0.3, 0.4) is 0 Å². The molecule has 0 fully saturated rings. The zero-order valence-electron chi connectivity index (χ0n) is 22.2. The highest BCUT2D eigenvalue weighted by molar-refractivity contribution is 6.23. The number of aliphatic imine (C=N–C) groups is 1. The standard InChI is InChI=1S/C33H28N2O4/c1-36-20-13-15-22-26(17-20)32(24-9-5-7-11-30(24)38-3)34-28(22)19-29-23-16-14-21(37-2)18-27(23)33(35-29)25-10-6-8-12-31(25)39-4/h5-19,34H,1-4H3/b29-19-. The van der Waals surface area contributed by atoms with E-state index in [0.717, 1.165) is 78.8 Å². The third-order valence-electron chi connectivity index (χ3n) is 7.06. The van der Waals surface area contributed by atoms with E-state index in [4.69, 9.17) is 23.9 Å². The van der Waals surface area contributed by atoms with Crippen LogP contribution >= 0.6 is 0 Å². The SMILES string of the molecule is COc1ccc2c(c1)C(c1ccccc1OC)=N/C2=C\c1[nH]c(-c2ccccc2OC)c2cc(OC)ccc12. The monoisotopic (exact) mass is 516 g/mol. The molecule has 1 aliphatic heterocycles. The van der Waals surface area contributed by atoms with Gasteiger partial charge in [-0.1, -0.05) is 24.3 Å². The molecule has 5 aromatic rings. The molecule has 0 unspecified atom stereocenters. The summed E-state index contributed by atoms with van der Waals surface area (Å²) in [5.41, 5.74) is 7.49. The number of para-hydroxylation sites is 2. The maximum Gasteiger partial charge on any atom is 0.128 e. The zero-order chi connectivity index (χ0) is 26.9. The van der Waals surface area contributed by atoms with E-state index >= 15 is 0 Å². The Labute approximate surface area is 227 Å². The number of nitrogens with one attached hydrogen (secondary N) is 1. The molecule has 0 aliphatic carbocycles. The summed E-state index contributed by atoms with van der Waals surface area (Å²) in [6.45, 7) is 0. The number of methoxy groups -OCH3 is 4. The number of aromatic nitrogens is 1. The van der Waals surface area contributed by atoms with Gasteiger partial charge in [-0.3, -0.25) is 0 Å².